The summed E-state index contributed by atoms with van der Waals surface area (Å²) in [5.74, 6) is -2.17. The molecule has 0 aromatic heterocycles. The molecule has 0 saturated heterocycles. The van der Waals surface area contributed by atoms with Gasteiger partial charge in [-0.3, -0.25) is 9.59 Å². The third-order valence-electron chi connectivity index (χ3n) is 3.36. The standard InChI is InChI=1S/C17H24N2O5/c1-11(2)9-13(20)19-14(12-7-5-4-6-8-12)15(21)18-10-17(3,24)16(22)23/h4-8,11,14,24H,9-10H2,1-3H3,(H,18,21)(H,19,20)(H,22,23). The number of carboxylic acid groups (broad SMARTS) is 1. The predicted molar refractivity (Wildman–Crippen MR) is 88.1 cm³/mol. The van der Waals surface area contributed by atoms with Crippen LogP contribution in [0.5, 0.6) is 0 Å². The number of carbonyl (C=O) groups excluding carboxylic acids is 2. The van der Waals surface area contributed by atoms with Gasteiger partial charge in [0.25, 0.3) is 0 Å². The van der Waals surface area contributed by atoms with Crippen molar-refractivity contribution in [3.8, 4) is 0 Å². The Morgan fingerprint density at radius 3 is 2.25 bits per heavy atom. The predicted octanol–water partition coefficient (Wildman–Crippen LogP) is 0.842. The van der Waals surface area contributed by atoms with Crippen LogP contribution in [-0.2, 0) is 14.4 Å². The molecule has 1 aromatic rings. The largest absolute Gasteiger partial charge is 0.479 e. The molecule has 0 spiro atoms. The van der Waals surface area contributed by atoms with Crippen LogP contribution in [0.4, 0.5) is 0 Å². The van der Waals surface area contributed by atoms with Crippen molar-refractivity contribution in [2.45, 2.75) is 38.8 Å². The van der Waals surface area contributed by atoms with Gasteiger partial charge in [0.15, 0.2) is 5.60 Å². The molecule has 0 fully saturated rings. The molecule has 0 aliphatic heterocycles. The van der Waals surface area contributed by atoms with Crippen molar-refractivity contribution in [2.75, 3.05) is 6.54 Å². The van der Waals surface area contributed by atoms with Gasteiger partial charge in [0.05, 0.1) is 6.54 Å². The molecule has 0 heterocycles. The maximum atomic E-state index is 12.4. The average molecular weight is 336 g/mol. The first-order chi connectivity index (χ1) is 11.1. The minimum Gasteiger partial charge on any atom is -0.479 e. The van der Waals surface area contributed by atoms with E-state index >= 15 is 0 Å². The van der Waals surface area contributed by atoms with Crippen molar-refractivity contribution < 1.29 is 24.6 Å². The third-order valence-corrected chi connectivity index (χ3v) is 3.36. The van der Waals surface area contributed by atoms with Gasteiger partial charge in [-0.15, -0.1) is 0 Å². The molecule has 2 amide bonds. The number of aliphatic carboxylic acids is 1. The first kappa shape index (κ1) is 19.6. The summed E-state index contributed by atoms with van der Waals surface area (Å²) in [5.41, 5.74) is -1.51. The number of rotatable bonds is 8. The fourth-order valence-electron chi connectivity index (χ4n) is 1.97. The van der Waals surface area contributed by atoms with Crippen LogP contribution in [0.2, 0.25) is 0 Å². The summed E-state index contributed by atoms with van der Waals surface area (Å²) >= 11 is 0. The molecule has 1 rings (SSSR count). The van der Waals surface area contributed by atoms with Gasteiger partial charge in [-0.05, 0) is 18.4 Å². The van der Waals surface area contributed by atoms with Crippen molar-refractivity contribution in [3.63, 3.8) is 0 Å². The van der Waals surface area contributed by atoms with Crippen molar-refractivity contribution >= 4 is 17.8 Å². The van der Waals surface area contributed by atoms with Crippen LogP contribution in [0.15, 0.2) is 30.3 Å². The second kappa shape index (κ2) is 8.44. The monoisotopic (exact) mass is 336 g/mol. The van der Waals surface area contributed by atoms with Crippen LogP contribution < -0.4 is 10.6 Å². The minimum absolute atomic E-state index is 0.136. The lowest BCUT2D eigenvalue weighted by Gasteiger charge is -2.23. The van der Waals surface area contributed by atoms with E-state index in [1.54, 1.807) is 30.3 Å². The van der Waals surface area contributed by atoms with Crippen LogP contribution >= 0.6 is 0 Å². The summed E-state index contributed by atoms with van der Waals surface area (Å²) in [4.78, 5) is 35.3. The fraction of sp³-hybridized carbons (Fsp3) is 0.471. The van der Waals surface area contributed by atoms with Crippen LogP contribution in [0.3, 0.4) is 0 Å². The Morgan fingerprint density at radius 1 is 1.17 bits per heavy atom. The molecule has 4 N–H and O–H groups in total. The van der Waals surface area contributed by atoms with E-state index in [4.69, 9.17) is 5.11 Å². The molecule has 0 aliphatic rings. The topological polar surface area (TPSA) is 116 Å². The molecule has 0 radical (unpaired) electrons. The highest BCUT2D eigenvalue weighted by Crippen LogP contribution is 2.14. The van der Waals surface area contributed by atoms with Gasteiger partial charge in [-0.25, -0.2) is 4.79 Å². The summed E-state index contributed by atoms with van der Waals surface area (Å²) in [5, 5.41) is 23.6. The maximum Gasteiger partial charge on any atom is 0.337 e. The zero-order chi connectivity index (χ0) is 18.3. The fourth-order valence-corrected chi connectivity index (χ4v) is 1.97. The lowest BCUT2D eigenvalue weighted by Crippen LogP contribution is -2.49. The first-order valence-electron chi connectivity index (χ1n) is 7.71. The molecular formula is C17H24N2O5. The molecule has 7 heteroatoms. The lowest BCUT2D eigenvalue weighted by molar-refractivity contribution is -0.156. The number of carboxylic acids is 1. The van der Waals surface area contributed by atoms with E-state index in [1.807, 2.05) is 13.8 Å². The highest BCUT2D eigenvalue weighted by molar-refractivity contribution is 5.89. The maximum absolute atomic E-state index is 12.4. The van der Waals surface area contributed by atoms with Crippen molar-refractivity contribution in [3.05, 3.63) is 35.9 Å². The van der Waals surface area contributed by atoms with Gasteiger partial charge in [0.1, 0.15) is 6.04 Å². The summed E-state index contributed by atoms with van der Waals surface area (Å²) in [6.07, 6.45) is 0.267. The van der Waals surface area contributed by atoms with E-state index in [9.17, 15) is 19.5 Å². The van der Waals surface area contributed by atoms with E-state index in [-0.39, 0.29) is 18.2 Å². The smallest absolute Gasteiger partial charge is 0.337 e. The number of aliphatic hydroxyl groups is 1. The Morgan fingerprint density at radius 2 is 1.75 bits per heavy atom. The molecule has 2 unspecified atom stereocenters. The van der Waals surface area contributed by atoms with Crippen molar-refractivity contribution in [1.29, 1.82) is 0 Å². The van der Waals surface area contributed by atoms with E-state index in [2.05, 4.69) is 10.6 Å². The molecule has 1 aromatic carbocycles. The van der Waals surface area contributed by atoms with Crippen LogP contribution in [0.1, 0.15) is 38.8 Å². The normalized spacial score (nSPS) is 14.5. The van der Waals surface area contributed by atoms with E-state index < -0.39 is 30.1 Å². The quantitative estimate of drug-likeness (QED) is 0.561. The lowest BCUT2D eigenvalue weighted by atomic mass is 10.0. The van der Waals surface area contributed by atoms with Gasteiger partial charge in [0, 0.05) is 6.42 Å². The van der Waals surface area contributed by atoms with Crippen molar-refractivity contribution in [2.24, 2.45) is 5.92 Å². The highest BCUT2D eigenvalue weighted by atomic mass is 16.4. The Labute approximate surface area is 141 Å². The van der Waals surface area contributed by atoms with Crippen LogP contribution in [0.25, 0.3) is 0 Å². The van der Waals surface area contributed by atoms with Crippen molar-refractivity contribution in [1.82, 2.24) is 10.6 Å². The van der Waals surface area contributed by atoms with Gasteiger partial charge in [0.2, 0.25) is 11.8 Å². The summed E-state index contributed by atoms with van der Waals surface area (Å²) in [6, 6.07) is 7.67. The molecule has 132 valence electrons. The first-order valence-corrected chi connectivity index (χ1v) is 7.71. The van der Waals surface area contributed by atoms with Gasteiger partial charge >= 0.3 is 5.97 Å². The molecule has 0 aliphatic carbocycles. The van der Waals surface area contributed by atoms with Gasteiger partial charge in [-0.2, -0.15) is 0 Å². The van der Waals surface area contributed by atoms with Crippen LogP contribution in [0, 0.1) is 5.92 Å². The van der Waals surface area contributed by atoms with Crippen LogP contribution in [-0.4, -0.2) is 40.1 Å². The number of amides is 2. The number of hydrogen-bond acceptors (Lipinski definition) is 4. The second-order valence-corrected chi connectivity index (χ2v) is 6.31. The Bertz CT molecular complexity index is 584. The molecule has 0 bridgehead atoms. The number of carbonyl (C=O) groups is 3. The molecular weight excluding hydrogens is 312 g/mol. The molecule has 24 heavy (non-hydrogen) atoms. The van der Waals surface area contributed by atoms with E-state index in [0.717, 1.165) is 6.92 Å². The van der Waals surface area contributed by atoms with E-state index in [1.165, 1.54) is 0 Å². The number of hydrogen-bond donors (Lipinski definition) is 4. The Hall–Kier alpha value is -2.41. The zero-order valence-electron chi connectivity index (χ0n) is 14.1. The Balaban J connectivity index is 2.87. The number of nitrogens with one attached hydrogen (secondary N) is 2. The average Bonchev–Trinajstić information content (AvgIpc) is 2.50. The summed E-state index contributed by atoms with van der Waals surface area (Å²) < 4.78 is 0. The SMILES string of the molecule is CC(C)CC(=O)NC(C(=O)NCC(C)(O)C(=O)O)c1ccccc1. The van der Waals surface area contributed by atoms with E-state index in [0.29, 0.717) is 5.56 Å². The molecule has 2 atom stereocenters. The molecule has 7 nitrogen and oxygen atoms in total. The minimum atomic E-state index is -2.08. The second-order valence-electron chi connectivity index (χ2n) is 6.31. The zero-order valence-corrected chi connectivity index (χ0v) is 14.1. The third kappa shape index (κ3) is 6.00. The van der Waals surface area contributed by atoms with Gasteiger partial charge < -0.3 is 20.8 Å². The summed E-state index contributed by atoms with van der Waals surface area (Å²) in [6.45, 7) is 4.40. The Kier molecular flexibility index (Phi) is 6.91. The molecule has 0 saturated carbocycles. The number of benzene rings is 1. The summed E-state index contributed by atoms with van der Waals surface area (Å²) in [7, 11) is 0. The highest BCUT2D eigenvalue weighted by Gasteiger charge is 2.32. The van der Waals surface area contributed by atoms with Gasteiger partial charge in [-0.1, -0.05) is 44.2 Å².